The van der Waals surface area contributed by atoms with Gasteiger partial charge in [-0.2, -0.15) is 0 Å². The van der Waals surface area contributed by atoms with Gasteiger partial charge in [0.05, 0.1) is 0 Å². The quantitative estimate of drug-likeness (QED) is 0.411. The first-order valence-electron chi connectivity index (χ1n) is 12.9. The summed E-state index contributed by atoms with van der Waals surface area (Å²) in [5.41, 5.74) is 9.41. The number of fused-ring (bicyclic) bond motifs is 5. The topological polar surface area (TPSA) is 0 Å². The summed E-state index contributed by atoms with van der Waals surface area (Å²) in [5, 5.41) is 0. The van der Waals surface area contributed by atoms with Gasteiger partial charge in [-0.25, -0.2) is 0 Å². The zero-order valence-corrected chi connectivity index (χ0v) is 19.6. The summed E-state index contributed by atoms with van der Waals surface area (Å²) in [7, 11) is 0. The van der Waals surface area contributed by atoms with Gasteiger partial charge < -0.3 is 0 Å². The minimum atomic E-state index is 0.250. The molecule has 0 amide bonds. The Kier molecular flexibility index (Phi) is 7.34. The van der Waals surface area contributed by atoms with Gasteiger partial charge in [0, 0.05) is 5.41 Å². The Labute approximate surface area is 185 Å². The van der Waals surface area contributed by atoms with Crippen LogP contribution < -0.4 is 0 Å². The first-order chi connectivity index (χ1) is 14.7. The smallest absolute Gasteiger partial charge is 0.0215 e. The molecule has 0 aliphatic heterocycles. The fourth-order valence-corrected chi connectivity index (χ4v) is 6.18. The van der Waals surface area contributed by atoms with E-state index in [4.69, 9.17) is 0 Å². The Hall–Kier alpha value is -1.56. The Morgan fingerprint density at radius 1 is 0.467 bits per heavy atom. The van der Waals surface area contributed by atoms with Crippen molar-refractivity contribution in [2.24, 2.45) is 0 Å². The van der Waals surface area contributed by atoms with Crippen LogP contribution in [0.1, 0.15) is 119 Å². The van der Waals surface area contributed by atoms with Gasteiger partial charge in [0.2, 0.25) is 0 Å². The van der Waals surface area contributed by atoms with Gasteiger partial charge in [-0.15, -0.1) is 0 Å². The predicted octanol–water partition coefficient (Wildman–Crippen LogP) is 9.44. The second-order valence-electron chi connectivity index (χ2n) is 10.3. The largest absolute Gasteiger partial charge is 0.0587 e. The maximum absolute atomic E-state index is 2.53. The highest BCUT2D eigenvalue weighted by molar-refractivity contribution is 5.81. The molecule has 0 nitrogen and oxygen atoms in total. The Morgan fingerprint density at radius 3 is 1.17 bits per heavy atom. The van der Waals surface area contributed by atoms with E-state index in [1.807, 2.05) is 0 Å². The van der Waals surface area contributed by atoms with Gasteiger partial charge in [-0.05, 0) is 48.9 Å². The molecule has 2 aromatic carbocycles. The third-order valence-electron chi connectivity index (χ3n) is 7.88. The van der Waals surface area contributed by atoms with E-state index in [1.54, 1.807) is 11.1 Å². The van der Waals surface area contributed by atoms with Crippen molar-refractivity contribution in [3.63, 3.8) is 0 Å². The van der Waals surface area contributed by atoms with Crippen molar-refractivity contribution >= 4 is 0 Å². The summed E-state index contributed by atoms with van der Waals surface area (Å²) in [6.07, 6.45) is 21.3. The molecule has 1 saturated carbocycles. The van der Waals surface area contributed by atoms with Gasteiger partial charge in [0.15, 0.2) is 0 Å². The number of hydrogen-bond donors (Lipinski definition) is 0. The summed E-state index contributed by atoms with van der Waals surface area (Å²) in [6.45, 7) is 4.55. The van der Waals surface area contributed by atoms with Gasteiger partial charge in [0.1, 0.15) is 0 Å². The Morgan fingerprint density at radius 2 is 0.800 bits per heavy atom. The van der Waals surface area contributed by atoms with Crippen molar-refractivity contribution in [1.82, 2.24) is 0 Å². The average molecular weight is 403 g/mol. The average Bonchev–Trinajstić information content (AvgIpc) is 2.99. The molecule has 0 N–H and O–H groups in total. The van der Waals surface area contributed by atoms with Crippen molar-refractivity contribution in [1.29, 1.82) is 0 Å². The highest BCUT2D eigenvalue weighted by Gasteiger charge is 2.42. The number of hydrogen-bond acceptors (Lipinski definition) is 0. The van der Waals surface area contributed by atoms with Gasteiger partial charge in [0.25, 0.3) is 0 Å². The van der Waals surface area contributed by atoms with E-state index in [0.29, 0.717) is 0 Å². The number of benzene rings is 2. The molecule has 0 radical (unpaired) electrons. The van der Waals surface area contributed by atoms with E-state index < -0.39 is 0 Å². The van der Waals surface area contributed by atoms with Crippen LogP contribution in [0, 0.1) is 13.8 Å². The van der Waals surface area contributed by atoms with Crippen molar-refractivity contribution in [3.8, 4) is 11.1 Å². The molecule has 1 fully saturated rings. The lowest BCUT2D eigenvalue weighted by Gasteiger charge is -2.33. The Balaban J connectivity index is 1.64. The van der Waals surface area contributed by atoms with Crippen LogP contribution in [0.3, 0.4) is 0 Å². The molecule has 1 spiro atoms. The van der Waals surface area contributed by atoms with Crippen molar-refractivity contribution < 1.29 is 0 Å². The van der Waals surface area contributed by atoms with Crippen LogP contribution in [0.4, 0.5) is 0 Å². The molecular weight excluding hydrogens is 360 g/mol. The second kappa shape index (κ2) is 10.2. The third-order valence-corrected chi connectivity index (χ3v) is 7.88. The monoisotopic (exact) mass is 402 g/mol. The van der Waals surface area contributed by atoms with E-state index in [2.05, 4.69) is 50.2 Å². The summed E-state index contributed by atoms with van der Waals surface area (Å²) >= 11 is 0. The first kappa shape index (κ1) is 21.7. The standard InChI is InChI=1S/C30H42/c1-24-16-18-26-27-19-17-25(2)23-29(27)30(28(26)22-24)20-14-12-10-8-6-4-3-5-7-9-11-13-15-21-30/h16-19,22-23H,3-15,20-21H2,1-2H3. The fraction of sp³-hybridized carbons (Fsp3) is 0.600. The first-order valence-corrected chi connectivity index (χ1v) is 12.9. The SMILES string of the molecule is Cc1ccc2c(c1)C1(CCCCCCCCCCCCCCC1)c1cc(C)ccc1-2. The molecule has 2 aliphatic rings. The third kappa shape index (κ3) is 4.68. The molecular formula is C30H42. The molecule has 0 aromatic heterocycles. The zero-order chi connectivity index (χ0) is 20.8. The predicted molar refractivity (Wildman–Crippen MR) is 131 cm³/mol. The molecule has 0 unspecified atom stereocenters. The minimum Gasteiger partial charge on any atom is -0.0587 e. The van der Waals surface area contributed by atoms with Crippen LogP contribution in [0.25, 0.3) is 11.1 Å². The number of aryl methyl sites for hydroxylation is 2. The molecule has 30 heavy (non-hydrogen) atoms. The van der Waals surface area contributed by atoms with Crippen molar-refractivity contribution in [3.05, 3.63) is 58.7 Å². The Bertz CT molecular complexity index is 758. The lowest BCUT2D eigenvalue weighted by atomic mass is 9.70. The molecule has 4 rings (SSSR count). The second-order valence-corrected chi connectivity index (χ2v) is 10.3. The van der Waals surface area contributed by atoms with Crippen molar-refractivity contribution in [2.45, 2.75) is 116 Å². The fourth-order valence-electron chi connectivity index (χ4n) is 6.18. The molecule has 162 valence electrons. The summed E-state index contributed by atoms with van der Waals surface area (Å²) in [4.78, 5) is 0. The van der Waals surface area contributed by atoms with Crippen LogP contribution in [0.15, 0.2) is 36.4 Å². The zero-order valence-electron chi connectivity index (χ0n) is 19.6. The van der Waals surface area contributed by atoms with Gasteiger partial charge >= 0.3 is 0 Å². The van der Waals surface area contributed by atoms with Gasteiger partial charge in [-0.1, -0.05) is 131 Å². The van der Waals surface area contributed by atoms with Crippen LogP contribution in [0.2, 0.25) is 0 Å². The summed E-state index contributed by atoms with van der Waals surface area (Å²) < 4.78 is 0. The van der Waals surface area contributed by atoms with E-state index in [-0.39, 0.29) is 5.41 Å². The molecule has 2 aliphatic carbocycles. The minimum absolute atomic E-state index is 0.250. The van der Waals surface area contributed by atoms with E-state index in [9.17, 15) is 0 Å². The summed E-state index contributed by atoms with van der Waals surface area (Å²) in [6, 6.07) is 14.5. The van der Waals surface area contributed by atoms with E-state index in [0.717, 1.165) is 0 Å². The lowest BCUT2D eigenvalue weighted by Crippen LogP contribution is -2.25. The number of rotatable bonds is 0. The summed E-state index contributed by atoms with van der Waals surface area (Å²) in [5.74, 6) is 0. The molecule has 0 bridgehead atoms. The van der Waals surface area contributed by atoms with Crippen LogP contribution >= 0.6 is 0 Å². The molecule has 2 aromatic rings. The van der Waals surface area contributed by atoms with Gasteiger partial charge in [-0.3, -0.25) is 0 Å². The van der Waals surface area contributed by atoms with Crippen LogP contribution in [0.5, 0.6) is 0 Å². The molecule has 0 saturated heterocycles. The maximum Gasteiger partial charge on any atom is 0.0215 e. The van der Waals surface area contributed by atoms with Crippen molar-refractivity contribution in [2.75, 3.05) is 0 Å². The molecule has 0 heteroatoms. The maximum atomic E-state index is 2.53. The highest BCUT2D eigenvalue weighted by atomic mass is 14.4. The normalized spacial score (nSPS) is 20.6. The molecule has 0 heterocycles. The van der Waals surface area contributed by atoms with Crippen LogP contribution in [-0.2, 0) is 5.41 Å². The molecule has 0 atom stereocenters. The van der Waals surface area contributed by atoms with E-state index >= 15 is 0 Å². The van der Waals surface area contributed by atoms with E-state index in [1.165, 1.54) is 119 Å². The van der Waals surface area contributed by atoms with Crippen LogP contribution in [-0.4, -0.2) is 0 Å². The highest BCUT2D eigenvalue weighted by Crippen LogP contribution is 2.54. The lowest BCUT2D eigenvalue weighted by molar-refractivity contribution is 0.394.